The van der Waals surface area contributed by atoms with Crippen molar-refractivity contribution in [3.63, 3.8) is 0 Å². The first-order valence-electron chi connectivity index (χ1n) is 14.9. The van der Waals surface area contributed by atoms with Gasteiger partial charge in [0.2, 0.25) is 0 Å². The lowest BCUT2D eigenvalue weighted by Gasteiger charge is -2.19. The van der Waals surface area contributed by atoms with Crippen LogP contribution in [0.5, 0.6) is 11.5 Å². The van der Waals surface area contributed by atoms with Gasteiger partial charge in [-0.05, 0) is 61.7 Å². The van der Waals surface area contributed by atoms with Gasteiger partial charge in [0.05, 0.1) is 35.8 Å². The molecule has 12 nitrogen and oxygen atoms in total. The average Bonchev–Trinajstić information content (AvgIpc) is 3.37. The molecule has 1 aliphatic heterocycles. The molecule has 1 aliphatic rings. The third-order valence-electron chi connectivity index (χ3n) is 7.65. The molecular formula is C33H33FN6O6. The van der Waals surface area contributed by atoms with Gasteiger partial charge in [0, 0.05) is 44.0 Å². The van der Waals surface area contributed by atoms with E-state index >= 15 is 0 Å². The molecule has 4 heterocycles. The minimum Gasteiger partial charge on any atom is -0.487 e. The first kappa shape index (κ1) is 30.9. The van der Waals surface area contributed by atoms with E-state index in [1.807, 2.05) is 10.7 Å². The Morgan fingerprint density at radius 1 is 0.913 bits per heavy atom. The molecule has 5 aromatic rings. The summed E-state index contributed by atoms with van der Waals surface area (Å²) in [6.45, 7) is 2.05. The number of benzene rings is 2. The minimum atomic E-state index is -0.553. The van der Waals surface area contributed by atoms with E-state index in [0.29, 0.717) is 79.0 Å². The van der Waals surface area contributed by atoms with Crippen LogP contribution in [0, 0.1) is 5.82 Å². The summed E-state index contributed by atoms with van der Waals surface area (Å²) in [6.07, 6.45) is 5.35. The molecule has 0 saturated carbocycles. The Balaban J connectivity index is 1.28. The number of methoxy groups -OCH3 is 2. The number of halogens is 1. The number of hydrogen-bond donors (Lipinski definition) is 1. The molecule has 1 amide bonds. The highest BCUT2D eigenvalue weighted by atomic mass is 19.1. The minimum absolute atomic E-state index is 0.0567. The van der Waals surface area contributed by atoms with Gasteiger partial charge in [0.25, 0.3) is 11.5 Å². The largest absolute Gasteiger partial charge is 0.487 e. The van der Waals surface area contributed by atoms with Crippen LogP contribution in [0.2, 0.25) is 0 Å². The number of fused-ring (bicyclic) bond motifs is 2. The van der Waals surface area contributed by atoms with Gasteiger partial charge < -0.3 is 24.3 Å². The van der Waals surface area contributed by atoms with Crippen LogP contribution in [0.3, 0.4) is 0 Å². The van der Waals surface area contributed by atoms with E-state index in [0.717, 1.165) is 18.2 Å². The summed E-state index contributed by atoms with van der Waals surface area (Å²) >= 11 is 0. The average molecular weight is 629 g/mol. The molecule has 0 atom stereocenters. The zero-order valence-electron chi connectivity index (χ0n) is 25.5. The van der Waals surface area contributed by atoms with Crippen molar-refractivity contribution in [2.24, 2.45) is 0 Å². The van der Waals surface area contributed by atoms with Crippen LogP contribution >= 0.6 is 0 Å². The zero-order chi connectivity index (χ0) is 32.0. The Bertz CT molecular complexity index is 1910. The molecule has 238 valence electrons. The predicted octanol–water partition coefficient (Wildman–Crippen LogP) is 4.42. The monoisotopic (exact) mass is 628 g/mol. The number of rotatable bonds is 12. The van der Waals surface area contributed by atoms with Gasteiger partial charge in [0.1, 0.15) is 36.7 Å². The fourth-order valence-corrected chi connectivity index (χ4v) is 5.48. The molecule has 2 aromatic carbocycles. The van der Waals surface area contributed by atoms with Crippen LogP contribution in [0.15, 0.2) is 65.8 Å². The van der Waals surface area contributed by atoms with Gasteiger partial charge in [-0.1, -0.05) is 0 Å². The Morgan fingerprint density at radius 2 is 1.65 bits per heavy atom. The lowest BCUT2D eigenvalue weighted by Crippen LogP contribution is -2.26. The molecule has 0 bridgehead atoms. The first-order valence-corrected chi connectivity index (χ1v) is 14.9. The van der Waals surface area contributed by atoms with Crippen molar-refractivity contribution in [2.45, 2.75) is 25.8 Å². The lowest BCUT2D eigenvalue weighted by atomic mass is 10.1. The highest BCUT2D eigenvalue weighted by molar-refractivity contribution is 6.04. The highest BCUT2D eigenvalue weighted by Gasteiger charge is 2.28. The molecule has 13 heteroatoms. The molecule has 6 rings (SSSR count). The summed E-state index contributed by atoms with van der Waals surface area (Å²) in [6, 6.07) is 12.7. The summed E-state index contributed by atoms with van der Waals surface area (Å²) < 4.78 is 38.9. The molecule has 1 N–H and O–H groups in total. The topological polar surface area (TPSA) is 132 Å². The van der Waals surface area contributed by atoms with Crippen LogP contribution in [0.1, 0.15) is 28.9 Å². The third kappa shape index (κ3) is 6.32. The van der Waals surface area contributed by atoms with Crippen LogP contribution in [-0.4, -0.2) is 70.9 Å². The normalized spacial score (nSPS) is 12.6. The number of carbonyl (C=O) groups is 1. The number of nitrogens with one attached hydrogen (secondary N) is 1. The molecular weight excluding hydrogens is 595 g/mol. The second-order valence-electron chi connectivity index (χ2n) is 10.6. The molecule has 46 heavy (non-hydrogen) atoms. The lowest BCUT2D eigenvalue weighted by molar-refractivity contribution is 0.102. The van der Waals surface area contributed by atoms with Crippen LogP contribution in [0.4, 0.5) is 10.2 Å². The van der Waals surface area contributed by atoms with Gasteiger partial charge in [-0.25, -0.2) is 24.0 Å². The predicted molar refractivity (Wildman–Crippen MR) is 168 cm³/mol. The number of amides is 1. The molecule has 0 spiro atoms. The van der Waals surface area contributed by atoms with Crippen molar-refractivity contribution >= 4 is 22.6 Å². The van der Waals surface area contributed by atoms with E-state index in [2.05, 4.69) is 20.3 Å². The van der Waals surface area contributed by atoms with E-state index in [-0.39, 0.29) is 11.4 Å². The van der Waals surface area contributed by atoms with E-state index in [9.17, 15) is 14.0 Å². The standard InChI is InChI=1S/C33H33FN6O6/c1-43-13-15-45-27-17-24-25(18-28(27)46-16-14-44-2)36-20-37-31(24)21-6-11-29(35-19-21)38-32(41)30-26-5-3-4-12-39(26)40(33(30)42)23-9-7-22(34)8-10-23/h6-11,17-20H,3-5,12-16H2,1-2H3,(H,35,38,41). The van der Waals surface area contributed by atoms with Crippen LogP contribution in [0.25, 0.3) is 27.8 Å². The highest BCUT2D eigenvalue weighted by Crippen LogP contribution is 2.35. The summed E-state index contributed by atoms with van der Waals surface area (Å²) in [4.78, 5) is 40.5. The van der Waals surface area contributed by atoms with Crippen molar-refractivity contribution in [2.75, 3.05) is 46.0 Å². The van der Waals surface area contributed by atoms with Crippen LogP contribution in [-0.2, 0) is 22.4 Å². The Kier molecular flexibility index (Phi) is 9.31. The maximum Gasteiger partial charge on any atom is 0.284 e. The Labute approximate surface area is 263 Å². The van der Waals surface area contributed by atoms with E-state index < -0.39 is 17.3 Å². The molecule has 0 radical (unpaired) electrons. The summed E-state index contributed by atoms with van der Waals surface area (Å²) in [7, 11) is 3.20. The fourth-order valence-electron chi connectivity index (χ4n) is 5.48. The Morgan fingerprint density at radius 3 is 2.35 bits per heavy atom. The number of anilines is 1. The van der Waals surface area contributed by atoms with Gasteiger partial charge in [0.15, 0.2) is 11.5 Å². The smallest absolute Gasteiger partial charge is 0.284 e. The SMILES string of the molecule is COCCOc1cc2ncnc(-c3ccc(NC(=O)c4c5n(n(-c6ccc(F)cc6)c4=O)CCCC5)nc3)c2cc1OCCOC. The third-order valence-corrected chi connectivity index (χ3v) is 7.65. The number of hydrogen-bond acceptors (Lipinski definition) is 9. The van der Waals surface area contributed by atoms with Gasteiger partial charge in [-0.3, -0.25) is 14.3 Å². The van der Waals surface area contributed by atoms with E-state index in [1.54, 1.807) is 38.6 Å². The maximum atomic E-state index is 13.6. The van der Waals surface area contributed by atoms with Gasteiger partial charge >= 0.3 is 0 Å². The molecule has 0 unspecified atom stereocenters. The number of aromatic nitrogens is 5. The molecule has 0 aliphatic carbocycles. The van der Waals surface area contributed by atoms with Crippen molar-refractivity contribution in [3.8, 4) is 28.4 Å². The number of nitrogens with zero attached hydrogens (tertiary/aromatic N) is 5. The second kappa shape index (κ2) is 13.9. The number of pyridine rings is 1. The van der Waals surface area contributed by atoms with Gasteiger partial charge in [-0.15, -0.1) is 0 Å². The van der Waals surface area contributed by atoms with Crippen molar-refractivity contribution in [1.29, 1.82) is 0 Å². The second-order valence-corrected chi connectivity index (χ2v) is 10.6. The van der Waals surface area contributed by atoms with Crippen LogP contribution < -0.4 is 20.3 Å². The molecule has 0 saturated heterocycles. The molecule has 0 fully saturated rings. The number of carbonyl (C=O) groups excluding carboxylic acids is 1. The molecule has 3 aromatic heterocycles. The first-order chi connectivity index (χ1) is 22.5. The summed E-state index contributed by atoms with van der Waals surface area (Å²) in [5, 5.41) is 3.50. The quantitative estimate of drug-likeness (QED) is 0.200. The van der Waals surface area contributed by atoms with Crippen molar-refractivity contribution < 1.29 is 28.1 Å². The Hall–Kier alpha value is -5.14. The zero-order valence-corrected chi connectivity index (χ0v) is 25.5. The fraction of sp³-hybridized carbons (Fsp3) is 0.303. The summed E-state index contributed by atoms with van der Waals surface area (Å²) in [5.74, 6) is 0.344. The van der Waals surface area contributed by atoms with E-state index in [4.69, 9.17) is 18.9 Å². The van der Waals surface area contributed by atoms with Gasteiger partial charge in [-0.2, -0.15) is 0 Å². The maximum absolute atomic E-state index is 13.6. The van der Waals surface area contributed by atoms with Crippen molar-refractivity contribution in [1.82, 2.24) is 24.3 Å². The number of ether oxygens (including phenoxy) is 4. The summed E-state index contributed by atoms with van der Waals surface area (Å²) in [5.41, 5.74) is 2.68. The van der Waals surface area contributed by atoms with E-state index in [1.165, 1.54) is 35.3 Å². The van der Waals surface area contributed by atoms with Crippen molar-refractivity contribution in [3.05, 3.63) is 88.5 Å².